The van der Waals surface area contributed by atoms with Gasteiger partial charge in [0.2, 0.25) is 0 Å². The summed E-state index contributed by atoms with van der Waals surface area (Å²) in [5, 5.41) is 11.2. The molecule has 0 heterocycles. The number of carbonyl (C=O) groups is 1. The van der Waals surface area contributed by atoms with Gasteiger partial charge in [-0.2, -0.15) is 0 Å². The average molecular weight is 425 g/mol. The zero-order chi connectivity index (χ0) is 18.9. The first kappa shape index (κ1) is 19.4. The molecule has 0 bridgehead atoms. The molecule has 9 atom stereocenters. The van der Waals surface area contributed by atoms with Gasteiger partial charge in [-0.3, -0.25) is 4.79 Å². The number of halogens is 1. The Morgan fingerprint density at radius 3 is 2.46 bits per heavy atom. The van der Waals surface area contributed by atoms with Crippen LogP contribution in [0.5, 0.6) is 0 Å². The highest BCUT2D eigenvalue weighted by Gasteiger charge is 2.63. The predicted octanol–water partition coefficient (Wildman–Crippen LogP) is 5.61. The lowest BCUT2D eigenvalue weighted by atomic mass is 9.44. The molecule has 0 aromatic carbocycles. The molecule has 0 aliphatic heterocycles. The second kappa shape index (κ2) is 6.31. The van der Waals surface area contributed by atoms with E-state index in [4.69, 9.17) is 0 Å². The Balaban J connectivity index is 1.62. The number of aliphatic hydroxyl groups is 1. The maximum Gasteiger partial charge on any atom is 0.147 e. The van der Waals surface area contributed by atoms with E-state index in [1.807, 2.05) is 6.92 Å². The molecule has 148 valence electrons. The monoisotopic (exact) mass is 424 g/mol. The fourth-order valence-electron chi connectivity index (χ4n) is 8.56. The molecule has 0 amide bonds. The molecule has 3 heteroatoms. The summed E-state index contributed by atoms with van der Waals surface area (Å²) in [6, 6.07) is 0. The Hall–Kier alpha value is 0.110. The maximum atomic E-state index is 12.7. The van der Waals surface area contributed by atoms with E-state index in [9.17, 15) is 9.90 Å². The summed E-state index contributed by atoms with van der Waals surface area (Å²) in [5.74, 6) is 4.25. The first-order chi connectivity index (χ1) is 12.1. The van der Waals surface area contributed by atoms with Gasteiger partial charge in [-0.1, -0.05) is 36.7 Å². The minimum Gasteiger partial charge on any atom is -0.390 e. The Bertz CT molecular complexity index is 587. The second-order valence-electron chi connectivity index (χ2n) is 11.2. The van der Waals surface area contributed by atoms with Gasteiger partial charge in [-0.25, -0.2) is 0 Å². The third kappa shape index (κ3) is 2.70. The van der Waals surface area contributed by atoms with Crippen molar-refractivity contribution < 1.29 is 9.90 Å². The van der Waals surface area contributed by atoms with E-state index in [2.05, 4.69) is 36.7 Å². The van der Waals surface area contributed by atoms with Gasteiger partial charge >= 0.3 is 0 Å². The van der Waals surface area contributed by atoms with Crippen LogP contribution in [0.15, 0.2) is 0 Å². The van der Waals surface area contributed by atoms with Gasteiger partial charge in [0.05, 0.1) is 10.9 Å². The standard InChI is InChI=1S/C23H37BrO2/c1-14-11-18-16-6-5-15-12-21(2,26)9-10-22(15,3)17(16)7-8-23(18,4)20(14)19(25)13-24/h14-18,20,26H,5-13H2,1-4H3/t14-,15+,16-,17+,18+,20-,21-,22+,23+/m1/s1. The van der Waals surface area contributed by atoms with Crippen molar-refractivity contribution >= 4 is 21.7 Å². The summed E-state index contributed by atoms with van der Waals surface area (Å²) in [5.41, 5.74) is 0.178. The van der Waals surface area contributed by atoms with Crippen LogP contribution >= 0.6 is 15.9 Å². The summed E-state index contributed by atoms with van der Waals surface area (Å²) >= 11 is 3.45. The minimum absolute atomic E-state index is 0.217. The van der Waals surface area contributed by atoms with Crippen molar-refractivity contribution in [3.63, 3.8) is 0 Å². The predicted molar refractivity (Wildman–Crippen MR) is 109 cm³/mol. The molecule has 4 aliphatic carbocycles. The van der Waals surface area contributed by atoms with E-state index in [0.29, 0.717) is 28.4 Å². The number of fused-ring (bicyclic) bond motifs is 5. The molecule has 0 aromatic heterocycles. The van der Waals surface area contributed by atoms with Crippen molar-refractivity contribution in [2.45, 2.75) is 84.7 Å². The average Bonchev–Trinajstić information content (AvgIpc) is 2.85. The summed E-state index contributed by atoms with van der Waals surface area (Å²) < 4.78 is 0. The molecular formula is C23H37BrO2. The van der Waals surface area contributed by atoms with Crippen molar-refractivity contribution in [2.24, 2.45) is 46.3 Å². The summed E-state index contributed by atoms with van der Waals surface area (Å²) in [4.78, 5) is 12.7. The first-order valence-electron chi connectivity index (χ1n) is 10.9. The van der Waals surface area contributed by atoms with Crippen molar-refractivity contribution in [3.05, 3.63) is 0 Å². The van der Waals surface area contributed by atoms with Crippen molar-refractivity contribution in [1.82, 2.24) is 0 Å². The number of Topliss-reactive ketones (excluding diaryl/α,β-unsaturated/α-hetero) is 1. The normalized spacial score (nSPS) is 56.4. The maximum absolute atomic E-state index is 12.7. The van der Waals surface area contributed by atoms with Crippen molar-refractivity contribution in [2.75, 3.05) is 5.33 Å². The van der Waals surface area contributed by atoms with Crippen LogP contribution in [0.3, 0.4) is 0 Å². The number of alkyl halides is 1. The van der Waals surface area contributed by atoms with Gasteiger partial charge in [0.1, 0.15) is 5.78 Å². The molecule has 0 saturated heterocycles. The summed E-state index contributed by atoms with van der Waals surface area (Å²) in [6.45, 7) is 9.37. The van der Waals surface area contributed by atoms with Crippen LogP contribution in [-0.2, 0) is 4.79 Å². The van der Waals surface area contributed by atoms with Crippen LogP contribution in [0.2, 0.25) is 0 Å². The second-order valence-corrected chi connectivity index (χ2v) is 11.8. The van der Waals surface area contributed by atoms with Gasteiger partial charge in [-0.05, 0) is 98.7 Å². The highest BCUT2D eigenvalue weighted by molar-refractivity contribution is 9.09. The lowest BCUT2D eigenvalue weighted by molar-refractivity contribution is -0.150. The van der Waals surface area contributed by atoms with Crippen LogP contribution in [0.1, 0.15) is 79.1 Å². The van der Waals surface area contributed by atoms with Crippen LogP contribution < -0.4 is 0 Å². The van der Waals surface area contributed by atoms with E-state index in [1.165, 1.54) is 38.5 Å². The van der Waals surface area contributed by atoms with Crippen molar-refractivity contribution in [3.8, 4) is 0 Å². The number of hydrogen-bond donors (Lipinski definition) is 1. The molecule has 2 nitrogen and oxygen atoms in total. The summed E-state index contributed by atoms with van der Waals surface area (Å²) in [6.07, 6.45) is 9.53. The molecule has 4 aliphatic rings. The lowest BCUT2D eigenvalue weighted by Gasteiger charge is -2.61. The van der Waals surface area contributed by atoms with Gasteiger partial charge in [0.15, 0.2) is 0 Å². The van der Waals surface area contributed by atoms with Crippen LogP contribution in [0.4, 0.5) is 0 Å². The fourth-order valence-corrected chi connectivity index (χ4v) is 8.91. The quantitative estimate of drug-likeness (QED) is 0.584. The molecule has 0 radical (unpaired) electrons. The highest BCUT2D eigenvalue weighted by Crippen LogP contribution is 2.68. The zero-order valence-corrected chi connectivity index (χ0v) is 18.6. The lowest BCUT2D eigenvalue weighted by Crippen LogP contribution is -2.55. The molecule has 0 aromatic rings. The fraction of sp³-hybridized carbons (Fsp3) is 0.957. The third-order valence-corrected chi connectivity index (χ3v) is 10.3. The zero-order valence-electron chi connectivity index (χ0n) is 17.1. The highest BCUT2D eigenvalue weighted by atomic mass is 79.9. The Morgan fingerprint density at radius 1 is 1.04 bits per heavy atom. The van der Waals surface area contributed by atoms with E-state index >= 15 is 0 Å². The molecule has 1 N–H and O–H groups in total. The SMILES string of the molecule is C[C@@H]1C[C@H]2[C@@H]3CC[C@H]4C[C@](C)(O)CC[C@]4(C)[C@H]3CC[C@]2(C)[C@H]1C(=O)CBr. The summed E-state index contributed by atoms with van der Waals surface area (Å²) in [7, 11) is 0. The van der Waals surface area contributed by atoms with Gasteiger partial charge in [0, 0.05) is 5.92 Å². The van der Waals surface area contributed by atoms with E-state index < -0.39 is 5.60 Å². The van der Waals surface area contributed by atoms with E-state index in [0.717, 1.165) is 30.6 Å². The number of ketones is 1. The Labute approximate surface area is 168 Å². The molecular weight excluding hydrogens is 388 g/mol. The molecule has 4 fully saturated rings. The topological polar surface area (TPSA) is 37.3 Å². The Morgan fingerprint density at radius 2 is 1.77 bits per heavy atom. The molecule has 26 heavy (non-hydrogen) atoms. The van der Waals surface area contributed by atoms with Crippen LogP contribution in [0, 0.1) is 46.3 Å². The largest absolute Gasteiger partial charge is 0.390 e. The number of carbonyl (C=O) groups excluding carboxylic acids is 1. The van der Waals surface area contributed by atoms with E-state index in [1.54, 1.807) is 0 Å². The molecule has 4 saturated carbocycles. The van der Waals surface area contributed by atoms with Gasteiger partial charge < -0.3 is 5.11 Å². The number of hydrogen-bond acceptors (Lipinski definition) is 2. The third-order valence-electron chi connectivity index (χ3n) is 9.78. The molecule has 0 spiro atoms. The minimum atomic E-state index is -0.449. The number of rotatable bonds is 2. The van der Waals surface area contributed by atoms with Gasteiger partial charge in [0.25, 0.3) is 0 Å². The Kier molecular flexibility index (Phi) is 4.71. The van der Waals surface area contributed by atoms with Crippen LogP contribution in [0.25, 0.3) is 0 Å². The van der Waals surface area contributed by atoms with Crippen LogP contribution in [-0.4, -0.2) is 21.8 Å². The molecule has 4 rings (SSSR count). The molecule has 0 unspecified atom stereocenters. The smallest absolute Gasteiger partial charge is 0.147 e. The van der Waals surface area contributed by atoms with Crippen molar-refractivity contribution in [1.29, 1.82) is 0 Å². The van der Waals surface area contributed by atoms with Gasteiger partial charge in [-0.15, -0.1) is 0 Å². The first-order valence-corrected chi connectivity index (χ1v) is 12.1. The van der Waals surface area contributed by atoms with E-state index in [-0.39, 0.29) is 11.3 Å².